The van der Waals surface area contributed by atoms with E-state index in [-0.39, 0.29) is 42.6 Å². The number of anilines is 1. The summed E-state index contributed by atoms with van der Waals surface area (Å²) in [7, 11) is 1.30. The molecule has 192 valence electrons. The number of carbonyl (C=O) groups is 2. The molecular formula is C27H21N3O8. The maximum Gasteiger partial charge on any atom is 0.337 e. The van der Waals surface area contributed by atoms with Crippen molar-refractivity contribution in [2.24, 2.45) is 0 Å². The van der Waals surface area contributed by atoms with Crippen molar-refractivity contribution in [2.75, 3.05) is 25.6 Å². The number of fused-ring (bicyclic) bond motifs is 1. The van der Waals surface area contributed by atoms with E-state index in [1.54, 1.807) is 48.5 Å². The lowest BCUT2D eigenvalue weighted by atomic mass is 10.1. The first kappa shape index (κ1) is 25.7. The molecule has 1 N–H and O–H groups in total. The summed E-state index contributed by atoms with van der Waals surface area (Å²) in [5.41, 5.74) is 0.796. The summed E-state index contributed by atoms with van der Waals surface area (Å²) in [5, 5.41) is 23.6. The van der Waals surface area contributed by atoms with E-state index in [9.17, 15) is 25.0 Å². The number of hydrogen-bond acceptors (Lipinski definition) is 9. The maximum atomic E-state index is 12.9. The average Bonchev–Trinajstić information content (AvgIpc) is 2.94. The van der Waals surface area contributed by atoms with Gasteiger partial charge in [-0.1, -0.05) is 30.3 Å². The van der Waals surface area contributed by atoms with Gasteiger partial charge >= 0.3 is 5.97 Å². The molecule has 1 heterocycles. The smallest absolute Gasteiger partial charge is 0.337 e. The van der Waals surface area contributed by atoms with Gasteiger partial charge in [0.15, 0.2) is 11.5 Å². The van der Waals surface area contributed by atoms with Crippen LogP contribution < -0.4 is 19.5 Å². The van der Waals surface area contributed by atoms with Gasteiger partial charge in [-0.05, 0) is 29.8 Å². The van der Waals surface area contributed by atoms with E-state index in [1.807, 2.05) is 6.07 Å². The number of benzene rings is 3. The van der Waals surface area contributed by atoms with Crippen molar-refractivity contribution in [3.05, 3.63) is 93.0 Å². The van der Waals surface area contributed by atoms with Gasteiger partial charge in [0.1, 0.15) is 42.9 Å². The van der Waals surface area contributed by atoms with Gasteiger partial charge < -0.3 is 24.3 Å². The first-order valence-electron chi connectivity index (χ1n) is 11.3. The average molecular weight is 515 g/mol. The summed E-state index contributed by atoms with van der Waals surface area (Å²) < 4.78 is 21.4. The highest BCUT2D eigenvalue weighted by Gasteiger charge is 2.24. The van der Waals surface area contributed by atoms with Gasteiger partial charge in [-0.15, -0.1) is 0 Å². The number of carbonyl (C=O) groups excluding carboxylic acids is 2. The Hall–Kier alpha value is -5.37. The minimum atomic E-state index is -0.847. The fourth-order valence-electron chi connectivity index (χ4n) is 3.57. The lowest BCUT2D eigenvalue weighted by molar-refractivity contribution is -0.384. The summed E-state index contributed by atoms with van der Waals surface area (Å²) >= 11 is 0. The number of methoxy groups -OCH3 is 1. The highest BCUT2D eigenvalue weighted by Crippen LogP contribution is 2.39. The van der Waals surface area contributed by atoms with E-state index in [0.717, 1.165) is 5.56 Å². The molecule has 0 spiro atoms. The number of ether oxygens (including phenoxy) is 4. The van der Waals surface area contributed by atoms with Gasteiger partial charge in [0, 0.05) is 11.6 Å². The van der Waals surface area contributed by atoms with E-state index in [0.29, 0.717) is 16.9 Å². The van der Waals surface area contributed by atoms with Gasteiger partial charge in [0.05, 0.1) is 23.7 Å². The Kier molecular flexibility index (Phi) is 7.83. The van der Waals surface area contributed by atoms with Gasteiger partial charge in [-0.2, -0.15) is 5.26 Å². The van der Waals surface area contributed by atoms with Crippen molar-refractivity contribution in [1.29, 1.82) is 5.26 Å². The largest absolute Gasteiger partial charge is 0.488 e. The molecule has 3 aromatic carbocycles. The molecule has 0 aliphatic carbocycles. The quantitative estimate of drug-likeness (QED) is 0.152. The van der Waals surface area contributed by atoms with Crippen molar-refractivity contribution in [1.82, 2.24) is 0 Å². The molecular weight excluding hydrogens is 494 g/mol. The molecule has 0 saturated carbocycles. The second kappa shape index (κ2) is 11.6. The standard InChI is InChI=1S/C27H21N3O8/c1-35-27(32)18-8-6-17(7-9-18)16-38-23-5-3-2-4-19(23)12-20(15-28)26(31)29-21-13-24-25(37-11-10-36-24)14-22(21)30(33)34/h2-9,12-14H,10-11,16H2,1H3,(H,29,31)/b20-12+. The van der Waals surface area contributed by atoms with E-state index < -0.39 is 22.5 Å². The second-order valence-electron chi connectivity index (χ2n) is 7.91. The monoisotopic (exact) mass is 515 g/mol. The summed E-state index contributed by atoms with van der Waals surface area (Å²) in [5.74, 6) is -0.450. The SMILES string of the molecule is COC(=O)c1ccc(COc2ccccc2/C=C(\C#N)C(=O)Nc2cc3c(cc2[N+](=O)[O-])OCCO3)cc1. The van der Waals surface area contributed by atoms with Crippen molar-refractivity contribution in [3.63, 3.8) is 0 Å². The van der Waals surface area contributed by atoms with Gasteiger partial charge in [0.25, 0.3) is 11.6 Å². The molecule has 1 aliphatic heterocycles. The molecule has 1 amide bonds. The number of hydrogen-bond donors (Lipinski definition) is 1. The van der Waals surface area contributed by atoms with Gasteiger partial charge in [-0.25, -0.2) is 4.79 Å². The van der Waals surface area contributed by atoms with Crippen LogP contribution >= 0.6 is 0 Å². The number of esters is 1. The Bertz CT molecular complexity index is 1460. The lowest BCUT2D eigenvalue weighted by Gasteiger charge is -2.19. The number of nitro groups is 1. The maximum absolute atomic E-state index is 12.9. The van der Waals surface area contributed by atoms with Crippen LogP contribution in [0.4, 0.5) is 11.4 Å². The number of para-hydroxylation sites is 1. The van der Waals surface area contributed by atoms with Gasteiger partial charge in [0.2, 0.25) is 0 Å². The molecule has 4 rings (SSSR count). The Balaban J connectivity index is 1.53. The molecule has 0 fully saturated rings. The van der Waals surface area contributed by atoms with Crippen molar-refractivity contribution >= 4 is 29.3 Å². The van der Waals surface area contributed by atoms with Gasteiger partial charge in [-0.3, -0.25) is 14.9 Å². The second-order valence-corrected chi connectivity index (χ2v) is 7.91. The fourth-order valence-corrected chi connectivity index (χ4v) is 3.57. The minimum absolute atomic E-state index is 0.134. The molecule has 0 radical (unpaired) electrons. The van der Waals surface area contributed by atoms with Crippen LogP contribution in [0.5, 0.6) is 17.2 Å². The van der Waals surface area contributed by atoms with Crippen LogP contribution in [-0.2, 0) is 16.1 Å². The molecule has 0 aromatic heterocycles. The predicted octanol–water partition coefficient (Wildman–Crippen LogP) is 4.28. The summed E-state index contributed by atoms with van der Waals surface area (Å²) in [6.07, 6.45) is 1.33. The third kappa shape index (κ3) is 5.88. The van der Waals surface area contributed by atoms with Crippen molar-refractivity contribution < 1.29 is 33.5 Å². The number of nitrogens with one attached hydrogen (secondary N) is 1. The first-order valence-corrected chi connectivity index (χ1v) is 11.3. The molecule has 0 unspecified atom stereocenters. The van der Waals surface area contributed by atoms with Crippen LogP contribution in [0.25, 0.3) is 6.08 Å². The van der Waals surface area contributed by atoms with Crippen LogP contribution in [0.1, 0.15) is 21.5 Å². The molecule has 1 aliphatic rings. The third-order valence-corrected chi connectivity index (χ3v) is 5.46. The molecule has 38 heavy (non-hydrogen) atoms. The first-order chi connectivity index (χ1) is 18.4. The van der Waals surface area contributed by atoms with Crippen molar-refractivity contribution in [3.8, 4) is 23.3 Å². The van der Waals surface area contributed by atoms with Crippen LogP contribution in [0.2, 0.25) is 0 Å². The Morgan fingerprint density at radius 3 is 2.45 bits per heavy atom. The number of nitrogens with zero attached hydrogens (tertiary/aromatic N) is 2. The summed E-state index contributed by atoms with van der Waals surface area (Å²) in [6, 6.07) is 17.7. The number of nitro benzene ring substituents is 1. The lowest BCUT2D eigenvalue weighted by Crippen LogP contribution is -2.18. The topological polar surface area (TPSA) is 150 Å². The van der Waals surface area contributed by atoms with Crippen LogP contribution in [-0.4, -0.2) is 37.1 Å². The zero-order chi connectivity index (χ0) is 27.1. The molecule has 3 aromatic rings. The zero-order valence-electron chi connectivity index (χ0n) is 20.1. The highest BCUT2D eigenvalue weighted by molar-refractivity contribution is 6.10. The molecule has 0 bridgehead atoms. The van der Waals surface area contributed by atoms with E-state index in [1.165, 1.54) is 25.3 Å². The third-order valence-electron chi connectivity index (χ3n) is 5.46. The Morgan fingerprint density at radius 1 is 1.11 bits per heavy atom. The summed E-state index contributed by atoms with van der Waals surface area (Å²) in [6.45, 7) is 0.662. The van der Waals surface area contributed by atoms with Crippen LogP contribution in [0, 0.1) is 21.4 Å². The fraction of sp³-hybridized carbons (Fsp3) is 0.148. The van der Waals surface area contributed by atoms with Crippen LogP contribution in [0.3, 0.4) is 0 Å². The number of nitriles is 1. The molecule has 11 heteroatoms. The van der Waals surface area contributed by atoms with E-state index >= 15 is 0 Å². The van der Waals surface area contributed by atoms with Crippen molar-refractivity contribution in [2.45, 2.75) is 6.61 Å². The molecule has 11 nitrogen and oxygen atoms in total. The number of amides is 1. The predicted molar refractivity (Wildman–Crippen MR) is 135 cm³/mol. The normalized spacial score (nSPS) is 12.2. The minimum Gasteiger partial charge on any atom is -0.488 e. The summed E-state index contributed by atoms with van der Waals surface area (Å²) in [4.78, 5) is 35.4. The zero-order valence-corrected chi connectivity index (χ0v) is 20.1. The number of rotatable bonds is 8. The Labute approximate surface area is 217 Å². The van der Waals surface area contributed by atoms with E-state index in [2.05, 4.69) is 10.1 Å². The molecule has 0 saturated heterocycles. The van der Waals surface area contributed by atoms with E-state index in [4.69, 9.17) is 14.2 Å². The Morgan fingerprint density at radius 2 is 1.79 bits per heavy atom. The van der Waals surface area contributed by atoms with Crippen LogP contribution in [0.15, 0.2) is 66.2 Å². The molecule has 0 atom stereocenters. The highest BCUT2D eigenvalue weighted by atomic mass is 16.6.